The summed E-state index contributed by atoms with van der Waals surface area (Å²) in [4.78, 5) is 17.1. The van der Waals surface area contributed by atoms with Crippen LogP contribution in [0.4, 0.5) is 4.79 Å². The number of aromatic nitrogens is 2. The van der Waals surface area contributed by atoms with E-state index in [0.29, 0.717) is 17.9 Å². The molecule has 1 amide bonds. The molecule has 7 nitrogen and oxygen atoms in total. The number of sulfonamides is 1. The van der Waals surface area contributed by atoms with Crippen molar-refractivity contribution in [2.24, 2.45) is 5.92 Å². The highest BCUT2D eigenvalue weighted by Crippen LogP contribution is 2.38. The molecule has 0 unspecified atom stereocenters. The van der Waals surface area contributed by atoms with Crippen molar-refractivity contribution >= 4 is 27.5 Å². The highest BCUT2D eigenvalue weighted by Gasteiger charge is 2.27. The fourth-order valence-electron chi connectivity index (χ4n) is 3.33. The third-order valence-electron chi connectivity index (χ3n) is 4.85. The molecule has 0 atom stereocenters. The molecule has 0 aliphatic rings. The Hall–Kier alpha value is -2.65. The Kier molecular flexibility index (Phi) is 7.73. The first kappa shape index (κ1) is 24.0. The summed E-state index contributed by atoms with van der Waals surface area (Å²) in [5.74, 6) is 0.369. The first-order valence-electron chi connectivity index (χ1n) is 10.6. The molecule has 32 heavy (non-hydrogen) atoms. The second-order valence-corrected chi connectivity index (χ2v) is 11.1. The van der Waals surface area contributed by atoms with Crippen LogP contribution in [0, 0.1) is 12.8 Å². The van der Waals surface area contributed by atoms with Gasteiger partial charge in [0, 0.05) is 28.5 Å². The lowest BCUT2D eigenvalue weighted by atomic mass is 10.0. The fourth-order valence-corrected chi connectivity index (χ4v) is 6.16. The second-order valence-electron chi connectivity index (χ2n) is 8.08. The molecule has 1 aromatic carbocycles. The number of imidazole rings is 1. The summed E-state index contributed by atoms with van der Waals surface area (Å²) in [5.41, 5.74) is 3.25. The standard InChI is InChI=1S/C23H29N3O4S2/c1-5-6-11-30-23(27)25-32(28,29)22-21(14-19(31-22)12-16(2)3)20-8-7-18(13-17(20)4)26-10-9-24-15-26/h7-10,13-16H,5-6,11-12H2,1-4H3,(H,25,27). The summed E-state index contributed by atoms with van der Waals surface area (Å²) in [6.45, 7) is 8.26. The SMILES string of the molecule is CCCCOC(=O)NS(=O)(=O)c1sc(CC(C)C)cc1-c1ccc(-n2ccnc2)cc1C. The topological polar surface area (TPSA) is 90.3 Å². The molecule has 0 aliphatic heterocycles. The Morgan fingerprint density at radius 1 is 1.25 bits per heavy atom. The van der Waals surface area contributed by atoms with Gasteiger partial charge in [0.2, 0.25) is 0 Å². The fraction of sp³-hybridized carbons (Fsp3) is 0.391. The maximum Gasteiger partial charge on any atom is 0.421 e. The normalized spacial score (nSPS) is 11.7. The van der Waals surface area contributed by atoms with Gasteiger partial charge in [0.15, 0.2) is 0 Å². The quantitative estimate of drug-likeness (QED) is 0.423. The molecule has 172 valence electrons. The van der Waals surface area contributed by atoms with Crippen LogP contribution in [0.15, 0.2) is 47.2 Å². The van der Waals surface area contributed by atoms with Gasteiger partial charge in [0.05, 0.1) is 12.9 Å². The van der Waals surface area contributed by atoms with Crippen LogP contribution in [0.5, 0.6) is 0 Å². The number of amides is 1. The Bertz CT molecular complexity index is 1170. The van der Waals surface area contributed by atoms with Crippen molar-refractivity contribution in [3.63, 3.8) is 0 Å². The number of aryl methyl sites for hydroxylation is 1. The number of hydrogen-bond acceptors (Lipinski definition) is 6. The van der Waals surface area contributed by atoms with Gasteiger partial charge in [-0.2, -0.15) is 0 Å². The molecule has 0 spiro atoms. The summed E-state index contributed by atoms with van der Waals surface area (Å²) in [7, 11) is -4.08. The van der Waals surface area contributed by atoms with Crippen LogP contribution in [0.3, 0.4) is 0 Å². The van der Waals surface area contributed by atoms with Crippen LogP contribution in [0.1, 0.15) is 44.1 Å². The van der Waals surface area contributed by atoms with Crippen LogP contribution in [0.2, 0.25) is 0 Å². The highest BCUT2D eigenvalue weighted by atomic mass is 32.2. The van der Waals surface area contributed by atoms with Crippen LogP contribution in [-0.2, 0) is 21.2 Å². The maximum atomic E-state index is 13.1. The Morgan fingerprint density at radius 2 is 2.03 bits per heavy atom. The number of unbranched alkanes of at least 4 members (excludes halogenated alkanes) is 1. The molecule has 0 aliphatic carbocycles. The van der Waals surface area contributed by atoms with E-state index in [1.165, 1.54) is 11.3 Å². The lowest BCUT2D eigenvalue weighted by molar-refractivity contribution is 0.151. The van der Waals surface area contributed by atoms with Gasteiger partial charge in [-0.3, -0.25) is 0 Å². The van der Waals surface area contributed by atoms with Crippen molar-refractivity contribution in [3.8, 4) is 16.8 Å². The molecule has 0 bridgehead atoms. The minimum Gasteiger partial charge on any atom is -0.449 e. The molecular formula is C23H29N3O4S2. The van der Waals surface area contributed by atoms with Crippen molar-refractivity contribution in [3.05, 3.63) is 53.4 Å². The van der Waals surface area contributed by atoms with Gasteiger partial charge in [-0.25, -0.2) is 22.9 Å². The molecule has 9 heteroatoms. The first-order chi connectivity index (χ1) is 15.2. The number of nitrogens with zero attached hydrogens (tertiary/aromatic N) is 2. The average molecular weight is 476 g/mol. The highest BCUT2D eigenvalue weighted by molar-refractivity contribution is 7.92. The number of thiophene rings is 1. The number of carbonyl (C=O) groups is 1. The number of hydrogen-bond donors (Lipinski definition) is 1. The zero-order chi connectivity index (χ0) is 23.3. The number of ether oxygens (including phenoxy) is 1. The van der Waals surface area contributed by atoms with E-state index >= 15 is 0 Å². The maximum absolute atomic E-state index is 13.1. The van der Waals surface area contributed by atoms with Gasteiger partial charge in [-0.15, -0.1) is 11.3 Å². The molecule has 0 fully saturated rings. The molecule has 0 radical (unpaired) electrons. The summed E-state index contributed by atoms with van der Waals surface area (Å²) >= 11 is 1.20. The van der Waals surface area contributed by atoms with Crippen molar-refractivity contribution in [1.29, 1.82) is 0 Å². The monoisotopic (exact) mass is 475 g/mol. The van der Waals surface area contributed by atoms with E-state index in [0.717, 1.165) is 34.5 Å². The summed E-state index contributed by atoms with van der Waals surface area (Å²) in [5, 5.41) is 0. The van der Waals surface area contributed by atoms with Crippen molar-refractivity contribution in [2.45, 2.75) is 51.2 Å². The molecule has 2 aromatic heterocycles. The third-order valence-corrected chi connectivity index (χ3v) is 7.86. The zero-order valence-corrected chi connectivity index (χ0v) is 20.4. The summed E-state index contributed by atoms with van der Waals surface area (Å²) < 4.78 is 35.3. The summed E-state index contributed by atoms with van der Waals surface area (Å²) in [6.07, 6.45) is 6.60. The minimum atomic E-state index is -4.08. The van der Waals surface area contributed by atoms with Crippen molar-refractivity contribution < 1.29 is 17.9 Å². The zero-order valence-electron chi connectivity index (χ0n) is 18.8. The number of rotatable bonds is 9. The second kappa shape index (κ2) is 10.3. The van der Waals surface area contributed by atoms with Crippen LogP contribution < -0.4 is 4.72 Å². The predicted octanol–water partition coefficient (Wildman–Crippen LogP) is 5.32. The van der Waals surface area contributed by atoms with E-state index in [9.17, 15) is 13.2 Å². The largest absolute Gasteiger partial charge is 0.449 e. The van der Waals surface area contributed by atoms with E-state index in [-0.39, 0.29) is 10.8 Å². The smallest absolute Gasteiger partial charge is 0.421 e. The van der Waals surface area contributed by atoms with Crippen LogP contribution in [0.25, 0.3) is 16.8 Å². The van der Waals surface area contributed by atoms with Gasteiger partial charge in [-0.1, -0.05) is 33.3 Å². The number of nitrogens with one attached hydrogen (secondary N) is 1. The molecule has 0 saturated carbocycles. The first-order valence-corrected chi connectivity index (χ1v) is 12.9. The van der Waals surface area contributed by atoms with Gasteiger partial charge >= 0.3 is 6.09 Å². The van der Waals surface area contributed by atoms with Crippen LogP contribution >= 0.6 is 11.3 Å². The molecule has 0 saturated heterocycles. The van der Waals surface area contributed by atoms with E-state index in [2.05, 4.69) is 23.6 Å². The van der Waals surface area contributed by atoms with Gasteiger partial charge in [0.25, 0.3) is 10.0 Å². The van der Waals surface area contributed by atoms with Gasteiger partial charge in [-0.05, 0) is 55.0 Å². The lowest BCUT2D eigenvalue weighted by Crippen LogP contribution is -2.31. The molecule has 1 N–H and O–H groups in total. The van der Waals surface area contributed by atoms with Crippen molar-refractivity contribution in [1.82, 2.24) is 14.3 Å². The summed E-state index contributed by atoms with van der Waals surface area (Å²) in [6, 6.07) is 7.73. The predicted molar refractivity (Wildman–Crippen MR) is 127 cm³/mol. The average Bonchev–Trinajstić information content (AvgIpc) is 3.38. The van der Waals surface area contributed by atoms with E-state index in [1.807, 2.05) is 48.9 Å². The Labute approximate surface area is 193 Å². The minimum absolute atomic E-state index is 0.124. The van der Waals surface area contributed by atoms with Crippen molar-refractivity contribution in [2.75, 3.05) is 6.61 Å². The number of carbonyl (C=O) groups excluding carboxylic acids is 1. The van der Waals surface area contributed by atoms with E-state index in [4.69, 9.17) is 4.74 Å². The van der Waals surface area contributed by atoms with E-state index < -0.39 is 16.1 Å². The lowest BCUT2D eigenvalue weighted by Gasteiger charge is -2.11. The van der Waals surface area contributed by atoms with E-state index in [1.54, 1.807) is 12.5 Å². The third kappa shape index (κ3) is 5.77. The van der Waals surface area contributed by atoms with Gasteiger partial charge in [0.1, 0.15) is 4.21 Å². The molecule has 3 aromatic rings. The van der Waals surface area contributed by atoms with Gasteiger partial charge < -0.3 is 9.30 Å². The number of benzene rings is 1. The molecule has 2 heterocycles. The molecule has 3 rings (SSSR count). The Balaban J connectivity index is 1.98. The Morgan fingerprint density at radius 3 is 2.66 bits per heavy atom. The van der Waals surface area contributed by atoms with Crippen LogP contribution in [-0.4, -0.2) is 30.7 Å². The molecular weight excluding hydrogens is 446 g/mol.